The molecule has 1 aliphatic rings. The second-order valence-corrected chi connectivity index (χ2v) is 11.4. The van der Waals surface area contributed by atoms with E-state index in [1.165, 1.54) is 43.4 Å². The molecule has 9 rings (SSSR count). The van der Waals surface area contributed by atoms with Crippen molar-refractivity contribution in [3.8, 4) is 11.1 Å². The van der Waals surface area contributed by atoms with Gasteiger partial charge < -0.3 is 14.6 Å². The molecular formula is C41H28N2O. The quantitative estimate of drug-likeness (QED) is 0.216. The number of rotatable bonds is 4. The third-order valence-electron chi connectivity index (χ3n) is 8.90. The molecule has 0 fully saturated rings. The third kappa shape index (κ3) is 3.90. The van der Waals surface area contributed by atoms with Gasteiger partial charge in [-0.2, -0.15) is 0 Å². The Morgan fingerprint density at radius 2 is 1.20 bits per heavy atom. The summed E-state index contributed by atoms with van der Waals surface area (Å²) in [5, 5.41) is 11.9. The minimum absolute atomic E-state index is 0.682. The van der Waals surface area contributed by atoms with Gasteiger partial charge in [-0.05, 0) is 86.1 Å². The molecule has 3 heteroatoms. The van der Waals surface area contributed by atoms with Gasteiger partial charge in [-0.25, -0.2) is 0 Å². The zero-order chi connectivity index (χ0) is 29.0. The molecule has 2 heterocycles. The van der Waals surface area contributed by atoms with Crippen LogP contribution in [0.2, 0.25) is 0 Å². The molecule has 8 aromatic rings. The fourth-order valence-corrected chi connectivity index (χ4v) is 6.76. The highest BCUT2D eigenvalue weighted by Gasteiger charge is 2.22. The molecule has 44 heavy (non-hydrogen) atoms. The van der Waals surface area contributed by atoms with Crippen molar-refractivity contribution in [3.63, 3.8) is 0 Å². The van der Waals surface area contributed by atoms with Crippen LogP contribution in [0.1, 0.15) is 11.3 Å². The number of nitrogens with one attached hydrogen (secondary N) is 1. The molecule has 0 saturated carbocycles. The lowest BCUT2D eigenvalue weighted by Crippen LogP contribution is -2.10. The maximum Gasteiger partial charge on any atom is 0.159 e. The van der Waals surface area contributed by atoms with Crippen molar-refractivity contribution in [2.75, 3.05) is 4.90 Å². The molecule has 0 amide bonds. The maximum atomic E-state index is 6.59. The highest BCUT2D eigenvalue weighted by atomic mass is 16.3. The zero-order valence-electron chi connectivity index (χ0n) is 24.0. The molecule has 1 aromatic heterocycles. The minimum Gasteiger partial charge on any atom is -0.456 e. The Bertz CT molecular complexity index is 2380. The fraction of sp³-hybridized carbons (Fsp3) is 0.0244. The summed E-state index contributed by atoms with van der Waals surface area (Å²) >= 11 is 0. The topological polar surface area (TPSA) is 28.4 Å². The summed E-state index contributed by atoms with van der Waals surface area (Å²) in [5.74, 6) is 0.964. The molecular weight excluding hydrogens is 536 g/mol. The van der Waals surface area contributed by atoms with Crippen molar-refractivity contribution in [1.29, 1.82) is 0 Å². The van der Waals surface area contributed by atoms with Crippen LogP contribution in [-0.4, -0.2) is 0 Å². The standard InChI is InChI=1S/C41H28N2O/c1-2-7-27(8-3-1)28-13-18-31(19-14-28)43(39-12-6-11-37-36-23-24-42-26-40(36)44-41(37)39)32-20-15-30-17-21-34-33-10-5-4-9-29(33)16-22-35(34)38(30)25-32/h1-25,42H,26H2. The third-order valence-corrected chi connectivity index (χ3v) is 8.90. The number of fused-ring (bicyclic) bond motifs is 8. The lowest BCUT2D eigenvalue weighted by molar-refractivity contribution is 0.533. The summed E-state index contributed by atoms with van der Waals surface area (Å²) in [6.45, 7) is 0.682. The van der Waals surface area contributed by atoms with Crippen molar-refractivity contribution in [3.05, 3.63) is 157 Å². The van der Waals surface area contributed by atoms with Crippen LogP contribution in [0.5, 0.6) is 0 Å². The van der Waals surface area contributed by atoms with Crippen LogP contribution in [0, 0.1) is 0 Å². The molecule has 0 spiro atoms. The minimum atomic E-state index is 0.682. The van der Waals surface area contributed by atoms with Gasteiger partial charge in [0.1, 0.15) is 5.76 Å². The smallest absolute Gasteiger partial charge is 0.159 e. The average molecular weight is 565 g/mol. The Labute approximate surface area is 255 Å². The molecule has 0 saturated heterocycles. The monoisotopic (exact) mass is 564 g/mol. The Morgan fingerprint density at radius 3 is 2.07 bits per heavy atom. The second kappa shape index (κ2) is 9.89. The summed E-state index contributed by atoms with van der Waals surface area (Å²) in [7, 11) is 0. The first-order valence-electron chi connectivity index (χ1n) is 15.1. The van der Waals surface area contributed by atoms with Crippen molar-refractivity contribution < 1.29 is 4.42 Å². The predicted molar refractivity (Wildman–Crippen MR) is 185 cm³/mol. The Hall–Kier alpha value is -5.80. The van der Waals surface area contributed by atoms with Crippen LogP contribution in [0.4, 0.5) is 17.1 Å². The number of furan rings is 1. The van der Waals surface area contributed by atoms with E-state index in [-0.39, 0.29) is 0 Å². The van der Waals surface area contributed by atoms with Crippen LogP contribution >= 0.6 is 0 Å². The lowest BCUT2D eigenvalue weighted by Gasteiger charge is -2.26. The lowest BCUT2D eigenvalue weighted by atomic mass is 9.96. The van der Waals surface area contributed by atoms with Gasteiger partial charge >= 0.3 is 0 Å². The van der Waals surface area contributed by atoms with Gasteiger partial charge in [0, 0.05) is 22.3 Å². The number of nitrogens with zero attached hydrogens (tertiary/aromatic N) is 1. The molecule has 3 nitrogen and oxygen atoms in total. The first-order valence-corrected chi connectivity index (χ1v) is 15.1. The van der Waals surface area contributed by atoms with Crippen molar-refractivity contribution in [2.45, 2.75) is 6.54 Å². The van der Waals surface area contributed by atoms with Crippen LogP contribution in [0.15, 0.2) is 150 Å². The highest BCUT2D eigenvalue weighted by Crippen LogP contribution is 2.44. The SMILES string of the molecule is C1=Cc2c(oc3c(N(c4ccc(-c5ccccc5)cc4)c4ccc5ccc6c7ccccc7ccc6c5c4)cccc23)CN1. The van der Waals surface area contributed by atoms with Gasteiger partial charge in [-0.1, -0.05) is 109 Å². The van der Waals surface area contributed by atoms with Crippen LogP contribution < -0.4 is 10.2 Å². The summed E-state index contributed by atoms with van der Waals surface area (Å²) in [4.78, 5) is 2.34. The average Bonchev–Trinajstić information content (AvgIpc) is 3.48. The van der Waals surface area contributed by atoms with Crippen molar-refractivity contribution in [1.82, 2.24) is 5.32 Å². The fourth-order valence-electron chi connectivity index (χ4n) is 6.76. The van der Waals surface area contributed by atoms with E-state index in [0.717, 1.165) is 39.4 Å². The van der Waals surface area contributed by atoms with Crippen molar-refractivity contribution >= 4 is 66.4 Å². The van der Waals surface area contributed by atoms with E-state index in [0.29, 0.717) is 6.54 Å². The summed E-state index contributed by atoms with van der Waals surface area (Å²) < 4.78 is 6.59. The molecule has 0 radical (unpaired) electrons. The van der Waals surface area contributed by atoms with E-state index in [9.17, 15) is 0 Å². The first-order chi connectivity index (χ1) is 21.8. The largest absolute Gasteiger partial charge is 0.456 e. The van der Waals surface area contributed by atoms with E-state index in [1.807, 2.05) is 6.20 Å². The predicted octanol–water partition coefficient (Wildman–Crippen LogP) is 11.1. The van der Waals surface area contributed by atoms with Crippen LogP contribution in [-0.2, 0) is 6.54 Å². The van der Waals surface area contributed by atoms with Crippen LogP contribution in [0.3, 0.4) is 0 Å². The second-order valence-electron chi connectivity index (χ2n) is 11.4. The van der Waals surface area contributed by atoms with Crippen molar-refractivity contribution in [2.24, 2.45) is 0 Å². The first kappa shape index (κ1) is 24.8. The maximum absolute atomic E-state index is 6.59. The van der Waals surface area contributed by atoms with Gasteiger partial charge in [0.05, 0.1) is 12.2 Å². The Balaban J connectivity index is 1.28. The number of benzene rings is 7. The Kier molecular flexibility index (Phi) is 5.57. The Morgan fingerprint density at radius 1 is 0.523 bits per heavy atom. The highest BCUT2D eigenvalue weighted by molar-refractivity contribution is 6.18. The molecule has 208 valence electrons. The molecule has 1 aliphatic heterocycles. The normalized spacial score (nSPS) is 12.5. The van der Waals surface area contributed by atoms with E-state index >= 15 is 0 Å². The van der Waals surface area contributed by atoms with Crippen LogP contribution in [0.25, 0.3) is 60.5 Å². The molecule has 0 aliphatic carbocycles. The van der Waals surface area contributed by atoms with E-state index < -0.39 is 0 Å². The van der Waals surface area contributed by atoms with Gasteiger partial charge in [0.2, 0.25) is 0 Å². The van der Waals surface area contributed by atoms with Gasteiger partial charge in [0.15, 0.2) is 5.58 Å². The number of hydrogen-bond acceptors (Lipinski definition) is 3. The summed E-state index contributed by atoms with van der Waals surface area (Å²) in [5.41, 5.74) is 7.61. The summed E-state index contributed by atoms with van der Waals surface area (Å²) in [6.07, 6.45) is 4.11. The number of anilines is 3. The summed E-state index contributed by atoms with van der Waals surface area (Å²) in [6, 6.07) is 50.3. The molecule has 0 unspecified atom stereocenters. The van der Waals surface area contributed by atoms with E-state index in [1.54, 1.807) is 0 Å². The molecule has 0 atom stereocenters. The molecule has 7 aromatic carbocycles. The van der Waals surface area contributed by atoms with Gasteiger partial charge in [-0.3, -0.25) is 0 Å². The van der Waals surface area contributed by atoms with Gasteiger partial charge in [0.25, 0.3) is 0 Å². The molecule has 0 bridgehead atoms. The van der Waals surface area contributed by atoms with E-state index in [4.69, 9.17) is 4.42 Å². The number of para-hydroxylation sites is 1. The van der Waals surface area contributed by atoms with E-state index in [2.05, 4.69) is 156 Å². The zero-order valence-corrected chi connectivity index (χ0v) is 24.0. The van der Waals surface area contributed by atoms with Gasteiger partial charge in [-0.15, -0.1) is 0 Å². The number of hydrogen-bond donors (Lipinski definition) is 1. The molecule has 1 N–H and O–H groups in total.